The van der Waals surface area contributed by atoms with E-state index in [1.807, 2.05) is 18.2 Å². The lowest BCUT2D eigenvalue weighted by Crippen LogP contribution is -2.11. The predicted octanol–water partition coefficient (Wildman–Crippen LogP) is 3.49. The monoisotopic (exact) mass is 269 g/mol. The fourth-order valence-corrected chi connectivity index (χ4v) is 2.48. The molecule has 0 bridgehead atoms. The predicted molar refractivity (Wildman–Crippen MR) is 80.6 cm³/mol. The molecule has 0 aliphatic carbocycles. The summed E-state index contributed by atoms with van der Waals surface area (Å²) in [6, 6.07) is 10.2. The van der Waals surface area contributed by atoms with Gasteiger partial charge in [-0.25, -0.2) is 0 Å². The van der Waals surface area contributed by atoms with Crippen LogP contribution < -0.4 is 5.32 Å². The van der Waals surface area contributed by atoms with Gasteiger partial charge in [0.05, 0.1) is 0 Å². The van der Waals surface area contributed by atoms with Crippen molar-refractivity contribution in [3.05, 3.63) is 41.6 Å². The van der Waals surface area contributed by atoms with Gasteiger partial charge < -0.3 is 9.73 Å². The normalized spacial score (nSPS) is 11.3. The van der Waals surface area contributed by atoms with Gasteiger partial charge in [-0.3, -0.25) is 5.10 Å². The first-order valence-electron chi connectivity index (χ1n) is 7.09. The third kappa shape index (κ3) is 2.23. The molecule has 2 heterocycles. The van der Waals surface area contributed by atoms with Crippen molar-refractivity contribution in [3.63, 3.8) is 0 Å². The second kappa shape index (κ2) is 5.51. The van der Waals surface area contributed by atoms with Gasteiger partial charge in [0, 0.05) is 23.2 Å². The van der Waals surface area contributed by atoms with Gasteiger partial charge in [0.25, 0.3) is 0 Å². The first kappa shape index (κ1) is 12.9. The maximum atomic E-state index is 5.99. The Morgan fingerprint density at radius 1 is 1.25 bits per heavy atom. The van der Waals surface area contributed by atoms with Crippen LogP contribution in [0, 0.1) is 0 Å². The molecule has 1 aromatic carbocycles. The lowest BCUT2D eigenvalue weighted by molar-refractivity contribution is 0.624. The molecule has 0 spiro atoms. The van der Waals surface area contributed by atoms with Gasteiger partial charge in [0.15, 0.2) is 5.76 Å². The summed E-state index contributed by atoms with van der Waals surface area (Å²) < 4.78 is 5.99. The molecule has 0 radical (unpaired) electrons. The van der Waals surface area contributed by atoms with Crippen LogP contribution in [0.2, 0.25) is 0 Å². The highest BCUT2D eigenvalue weighted by Gasteiger charge is 2.16. The van der Waals surface area contributed by atoms with Crippen molar-refractivity contribution in [3.8, 4) is 11.5 Å². The Balaban J connectivity index is 2.02. The van der Waals surface area contributed by atoms with Gasteiger partial charge in [-0.05, 0) is 25.1 Å². The minimum absolute atomic E-state index is 0.797. The Morgan fingerprint density at radius 3 is 2.90 bits per heavy atom. The highest BCUT2D eigenvalue weighted by Crippen LogP contribution is 2.33. The van der Waals surface area contributed by atoms with Crippen molar-refractivity contribution < 1.29 is 4.42 Å². The SMILES string of the molecule is CCNCc1cc(-c2oc3ccccc3c2CC)n[nH]1. The van der Waals surface area contributed by atoms with Gasteiger partial charge in [-0.1, -0.05) is 32.0 Å². The van der Waals surface area contributed by atoms with Gasteiger partial charge >= 0.3 is 0 Å². The molecule has 0 aliphatic rings. The zero-order valence-corrected chi connectivity index (χ0v) is 11.9. The van der Waals surface area contributed by atoms with E-state index < -0.39 is 0 Å². The van der Waals surface area contributed by atoms with E-state index in [9.17, 15) is 0 Å². The Labute approximate surface area is 118 Å². The van der Waals surface area contributed by atoms with Gasteiger partial charge in [0.1, 0.15) is 11.3 Å². The fraction of sp³-hybridized carbons (Fsp3) is 0.312. The van der Waals surface area contributed by atoms with Crippen LogP contribution in [0.4, 0.5) is 0 Å². The van der Waals surface area contributed by atoms with Crippen LogP contribution >= 0.6 is 0 Å². The first-order chi connectivity index (χ1) is 9.83. The average Bonchev–Trinajstić information content (AvgIpc) is 3.08. The number of hydrogen-bond acceptors (Lipinski definition) is 3. The molecule has 2 N–H and O–H groups in total. The van der Waals surface area contributed by atoms with Crippen molar-refractivity contribution in [1.82, 2.24) is 15.5 Å². The number of aromatic amines is 1. The summed E-state index contributed by atoms with van der Waals surface area (Å²) in [5.41, 5.74) is 4.10. The Morgan fingerprint density at radius 2 is 2.10 bits per heavy atom. The van der Waals surface area contributed by atoms with E-state index in [-0.39, 0.29) is 0 Å². The van der Waals surface area contributed by atoms with E-state index >= 15 is 0 Å². The highest BCUT2D eigenvalue weighted by atomic mass is 16.3. The van der Waals surface area contributed by atoms with Crippen molar-refractivity contribution in [2.75, 3.05) is 6.54 Å². The van der Waals surface area contributed by atoms with Crippen molar-refractivity contribution in [1.29, 1.82) is 0 Å². The second-order valence-electron chi connectivity index (χ2n) is 4.82. The van der Waals surface area contributed by atoms with Crippen LogP contribution in [-0.4, -0.2) is 16.7 Å². The van der Waals surface area contributed by atoms with Crippen LogP contribution in [-0.2, 0) is 13.0 Å². The number of aromatic nitrogens is 2. The maximum Gasteiger partial charge on any atom is 0.158 e. The number of aryl methyl sites for hydroxylation is 1. The van der Waals surface area contributed by atoms with E-state index in [1.165, 1.54) is 10.9 Å². The number of rotatable bonds is 5. The number of benzene rings is 1. The molecule has 0 saturated carbocycles. The molecule has 0 amide bonds. The summed E-state index contributed by atoms with van der Waals surface area (Å²) in [5.74, 6) is 0.882. The topological polar surface area (TPSA) is 53.9 Å². The molecule has 20 heavy (non-hydrogen) atoms. The molecule has 4 heteroatoms. The summed E-state index contributed by atoms with van der Waals surface area (Å²) in [7, 11) is 0. The van der Waals surface area contributed by atoms with Crippen LogP contribution in [0.25, 0.3) is 22.4 Å². The molecule has 0 atom stereocenters. The minimum Gasteiger partial charge on any atom is -0.454 e. The lowest BCUT2D eigenvalue weighted by Gasteiger charge is -1.96. The Bertz CT molecular complexity index is 711. The molecule has 104 valence electrons. The summed E-state index contributed by atoms with van der Waals surface area (Å²) >= 11 is 0. The Hall–Kier alpha value is -2.07. The number of nitrogens with zero attached hydrogens (tertiary/aromatic N) is 1. The van der Waals surface area contributed by atoms with Gasteiger partial charge in [-0.15, -0.1) is 0 Å². The molecule has 0 aliphatic heterocycles. The van der Waals surface area contributed by atoms with Crippen molar-refractivity contribution >= 4 is 11.0 Å². The smallest absolute Gasteiger partial charge is 0.158 e. The molecule has 0 unspecified atom stereocenters. The highest BCUT2D eigenvalue weighted by molar-refractivity contribution is 5.87. The first-order valence-corrected chi connectivity index (χ1v) is 7.09. The third-order valence-corrected chi connectivity index (χ3v) is 3.48. The molecule has 0 fully saturated rings. The summed E-state index contributed by atoms with van der Waals surface area (Å²) in [6.45, 7) is 5.98. The average molecular weight is 269 g/mol. The van der Waals surface area contributed by atoms with Crippen LogP contribution in [0.5, 0.6) is 0 Å². The largest absolute Gasteiger partial charge is 0.454 e. The number of para-hydroxylation sites is 1. The molecule has 0 saturated heterocycles. The summed E-state index contributed by atoms with van der Waals surface area (Å²) in [5, 5.41) is 11.9. The molecular formula is C16H19N3O. The molecular weight excluding hydrogens is 250 g/mol. The van der Waals surface area contributed by atoms with E-state index in [0.717, 1.165) is 42.2 Å². The summed E-state index contributed by atoms with van der Waals surface area (Å²) in [6.07, 6.45) is 0.932. The number of hydrogen-bond donors (Lipinski definition) is 2. The number of nitrogens with one attached hydrogen (secondary N) is 2. The molecule has 2 aromatic heterocycles. The zero-order valence-electron chi connectivity index (χ0n) is 11.9. The fourth-order valence-electron chi connectivity index (χ4n) is 2.48. The maximum absolute atomic E-state index is 5.99. The van der Waals surface area contributed by atoms with E-state index in [2.05, 4.69) is 41.5 Å². The van der Waals surface area contributed by atoms with Crippen molar-refractivity contribution in [2.45, 2.75) is 26.8 Å². The standard InChI is InChI=1S/C16H19N3O/c1-3-12-13-7-5-6-8-15(13)20-16(12)14-9-11(18-19-14)10-17-4-2/h5-9,17H,3-4,10H2,1-2H3,(H,18,19). The Kier molecular flexibility index (Phi) is 3.56. The molecule has 3 aromatic rings. The van der Waals surface area contributed by atoms with Crippen LogP contribution in [0.1, 0.15) is 25.1 Å². The molecule has 4 nitrogen and oxygen atoms in total. The van der Waals surface area contributed by atoms with E-state index in [0.29, 0.717) is 0 Å². The zero-order chi connectivity index (χ0) is 13.9. The van der Waals surface area contributed by atoms with Crippen LogP contribution in [0.15, 0.2) is 34.7 Å². The quantitative estimate of drug-likeness (QED) is 0.745. The third-order valence-electron chi connectivity index (χ3n) is 3.48. The number of furan rings is 1. The van der Waals surface area contributed by atoms with Gasteiger partial charge in [-0.2, -0.15) is 5.10 Å². The number of H-pyrrole nitrogens is 1. The van der Waals surface area contributed by atoms with Crippen molar-refractivity contribution in [2.24, 2.45) is 0 Å². The van der Waals surface area contributed by atoms with E-state index in [1.54, 1.807) is 0 Å². The second-order valence-corrected chi connectivity index (χ2v) is 4.82. The van der Waals surface area contributed by atoms with Gasteiger partial charge in [0.2, 0.25) is 0 Å². The van der Waals surface area contributed by atoms with E-state index in [4.69, 9.17) is 4.42 Å². The van der Waals surface area contributed by atoms with Crippen LogP contribution in [0.3, 0.4) is 0 Å². The minimum atomic E-state index is 0.797. The summed E-state index contributed by atoms with van der Waals surface area (Å²) in [4.78, 5) is 0. The lowest BCUT2D eigenvalue weighted by atomic mass is 10.1. The number of fused-ring (bicyclic) bond motifs is 1. The molecule has 3 rings (SSSR count).